The van der Waals surface area contributed by atoms with E-state index in [0.717, 1.165) is 44.1 Å². The first kappa shape index (κ1) is 29.6. The normalized spacial score (nSPS) is 18.4. The smallest absolute Gasteiger partial charge is 0.245 e. The van der Waals surface area contributed by atoms with Gasteiger partial charge in [-0.2, -0.15) is 5.26 Å². The van der Waals surface area contributed by atoms with Crippen molar-refractivity contribution in [2.45, 2.75) is 84.3 Å². The molecule has 0 spiro atoms. The summed E-state index contributed by atoms with van der Waals surface area (Å²) >= 11 is 0. The van der Waals surface area contributed by atoms with Crippen LogP contribution in [0.25, 0.3) is 0 Å². The molecule has 3 rings (SSSR count). The maximum Gasteiger partial charge on any atom is 0.245 e. The fraction of sp³-hybridized carbons (Fsp3) is 0.655. The number of nitrogens with zero attached hydrogens (tertiary/aromatic N) is 3. The highest BCUT2D eigenvalue weighted by Crippen LogP contribution is 2.31. The molecule has 1 aromatic carbocycles. The number of amides is 3. The van der Waals surface area contributed by atoms with Gasteiger partial charge in [-0.3, -0.25) is 19.6 Å². The Bertz CT molecular complexity index is 970. The molecular weight excluding hydrogens is 482 g/mol. The van der Waals surface area contributed by atoms with Crippen LogP contribution < -0.4 is 10.6 Å². The van der Waals surface area contributed by atoms with Gasteiger partial charge in [0.05, 0.1) is 24.1 Å². The molecule has 9 nitrogen and oxygen atoms in total. The van der Waals surface area contributed by atoms with Crippen LogP contribution in [0, 0.1) is 28.6 Å². The molecule has 2 aliphatic rings. The van der Waals surface area contributed by atoms with Crippen LogP contribution in [-0.4, -0.2) is 65.1 Å². The molecule has 1 aromatic rings. The number of nitriles is 1. The van der Waals surface area contributed by atoms with E-state index < -0.39 is 17.4 Å². The van der Waals surface area contributed by atoms with Gasteiger partial charge in [0.25, 0.3) is 0 Å². The average molecular weight is 526 g/mol. The molecule has 3 amide bonds. The minimum Gasteiger partial charge on any atom is -0.344 e. The minimum absolute atomic E-state index is 0.0762. The van der Waals surface area contributed by atoms with Gasteiger partial charge in [-0.15, -0.1) is 0 Å². The Hall–Kier alpha value is -2.96. The highest BCUT2D eigenvalue weighted by atomic mass is 16.5. The van der Waals surface area contributed by atoms with Crippen LogP contribution in [0.5, 0.6) is 0 Å². The fourth-order valence-electron chi connectivity index (χ4n) is 5.54. The topological polar surface area (TPSA) is 126 Å². The predicted octanol–water partition coefficient (Wildman–Crippen LogP) is 3.21. The van der Waals surface area contributed by atoms with Crippen molar-refractivity contribution in [1.82, 2.24) is 20.6 Å². The van der Waals surface area contributed by atoms with Crippen molar-refractivity contribution in [2.24, 2.45) is 17.3 Å². The summed E-state index contributed by atoms with van der Waals surface area (Å²) in [5.74, 6) is -0.550. The van der Waals surface area contributed by atoms with Gasteiger partial charge in [0.15, 0.2) is 0 Å². The Morgan fingerprint density at radius 2 is 1.79 bits per heavy atom. The van der Waals surface area contributed by atoms with Crippen molar-refractivity contribution in [3.8, 4) is 6.07 Å². The van der Waals surface area contributed by atoms with Gasteiger partial charge in [-0.25, -0.2) is 5.06 Å². The summed E-state index contributed by atoms with van der Waals surface area (Å²) in [6.07, 6.45) is 6.91. The second-order valence-electron chi connectivity index (χ2n) is 11.9. The number of benzene rings is 1. The quantitative estimate of drug-likeness (QED) is 0.231. The summed E-state index contributed by atoms with van der Waals surface area (Å²) in [5, 5.41) is 25.9. The number of rotatable bonds is 11. The molecule has 0 aromatic heterocycles. The van der Waals surface area contributed by atoms with Crippen LogP contribution in [0.2, 0.25) is 0 Å². The van der Waals surface area contributed by atoms with Gasteiger partial charge in [0.1, 0.15) is 6.04 Å². The molecule has 0 unspecified atom stereocenters. The van der Waals surface area contributed by atoms with E-state index in [2.05, 4.69) is 16.7 Å². The second-order valence-corrected chi connectivity index (χ2v) is 11.9. The third-order valence-electron chi connectivity index (χ3n) is 7.88. The third kappa shape index (κ3) is 8.53. The first-order chi connectivity index (χ1) is 18.1. The lowest BCUT2D eigenvalue weighted by Gasteiger charge is -2.39. The number of nitrogens with one attached hydrogen (secondary N) is 2. The molecule has 1 aliphatic heterocycles. The van der Waals surface area contributed by atoms with Crippen LogP contribution in [0.4, 0.5) is 0 Å². The summed E-state index contributed by atoms with van der Waals surface area (Å²) in [4.78, 5) is 39.9. The first-order valence-electron chi connectivity index (χ1n) is 13.8. The van der Waals surface area contributed by atoms with E-state index in [-0.39, 0.29) is 24.4 Å². The number of carbonyl (C=O) groups is 3. The second kappa shape index (κ2) is 13.7. The summed E-state index contributed by atoms with van der Waals surface area (Å²) in [7, 11) is 0. The van der Waals surface area contributed by atoms with E-state index in [4.69, 9.17) is 5.26 Å². The summed E-state index contributed by atoms with van der Waals surface area (Å²) in [6, 6.07) is 9.24. The van der Waals surface area contributed by atoms with Crippen molar-refractivity contribution in [1.29, 1.82) is 5.26 Å². The lowest BCUT2D eigenvalue weighted by molar-refractivity contribution is -0.156. The number of hydroxylamine groups is 2. The molecular formula is C29H43N5O4. The monoisotopic (exact) mass is 525 g/mol. The highest BCUT2D eigenvalue weighted by molar-refractivity contribution is 5.89. The number of likely N-dealkylation sites (tertiary alicyclic amines) is 1. The molecule has 3 N–H and O–H groups in total. The van der Waals surface area contributed by atoms with E-state index in [1.807, 2.05) is 49.9 Å². The van der Waals surface area contributed by atoms with Crippen LogP contribution in [0.1, 0.15) is 76.8 Å². The molecule has 1 saturated carbocycles. The van der Waals surface area contributed by atoms with Gasteiger partial charge >= 0.3 is 0 Å². The number of carbonyl (C=O) groups excluding carboxylic acids is 3. The van der Waals surface area contributed by atoms with Crippen molar-refractivity contribution in [2.75, 3.05) is 19.6 Å². The lowest BCUT2D eigenvalue weighted by Crippen LogP contribution is -2.58. The Balaban J connectivity index is 1.57. The molecule has 2 atom stereocenters. The molecule has 1 heterocycles. The van der Waals surface area contributed by atoms with E-state index in [9.17, 15) is 19.6 Å². The third-order valence-corrected chi connectivity index (χ3v) is 7.88. The van der Waals surface area contributed by atoms with E-state index in [0.29, 0.717) is 49.0 Å². The van der Waals surface area contributed by atoms with Crippen molar-refractivity contribution in [3.63, 3.8) is 0 Å². The number of piperidine rings is 1. The minimum atomic E-state index is -0.701. The highest BCUT2D eigenvalue weighted by Gasteiger charge is 2.38. The molecule has 38 heavy (non-hydrogen) atoms. The predicted molar refractivity (Wildman–Crippen MR) is 144 cm³/mol. The standard InChI is InChI=1S/C29H43N5O4/c1-29(2,3)26(32-27(36)24(19-34(38)20-35)16-21-6-4-5-7-21)28(37)33-14-12-25(13-15-33)31-18-23-10-8-22(17-30)9-11-23/h8-11,20-21,24-26,31,38H,4-7,12-16,18-19H2,1-3H3,(H,32,36)/t24-,26-/m0/s1. The van der Waals surface area contributed by atoms with Gasteiger partial charge in [-0.1, -0.05) is 58.6 Å². The van der Waals surface area contributed by atoms with E-state index in [1.54, 1.807) is 0 Å². The lowest BCUT2D eigenvalue weighted by atomic mass is 9.84. The Labute approximate surface area is 226 Å². The van der Waals surface area contributed by atoms with Crippen LogP contribution in [0.3, 0.4) is 0 Å². The fourth-order valence-corrected chi connectivity index (χ4v) is 5.54. The molecule has 9 heteroatoms. The average Bonchev–Trinajstić information content (AvgIpc) is 3.42. The molecule has 2 fully saturated rings. The molecule has 1 saturated heterocycles. The number of hydrogen-bond donors (Lipinski definition) is 3. The van der Waals surface area contributed by atoms with E-state index in [1.165, 1.54) is 0 Å². The van der Waals surface area contributed by atoms with Gasteiger partial charge in [0.2, 0.25) is 18.2 Å². The van der Waals surface area contributed by atoms with Crippen LogP contribution in [0.15, 0.2) is 24.3 Å². The van der Waals surface area contributed by atoms with Crippen molar-refractivity contribution >= 4 is 18.2 Å². The molecule has 208 valence electrons. The van der Waals surface area contributed by atoms with E-state index >= 15 is 0 Å². The Morgan fingerprint density at radius 3 is 2.34 bits per heavy atom. The zero-order valence-electron chi connectivity index (χ0n) is 23.0. The first-order valence-corrected chi connectivity index (χ1v) is 13.8. The van der Waals surface area contributed by atoms with Crippen LogP contribution in [-0.2, 0) is 20.9 Å². The zero-order valence-corrected chi connectivity index (χ0v) is 23.0. The van der Waals surface area contributed by atoms with Crippen molar-refractivity contribution < 1.29 is 19.6 Å². The summed E-state index contributed by atoms with van der Waals surface area (Å²) in [5.41, 5.74) is 1.25. The zero-order chi connectivity index (χ0) is 27.7. The van der Waals surface area contributed by atoms with Gasteiger partial charge < -0.3 is 15.5 Å². The Morgan fingerprint density at radius 1 is 1.16 bits per heavy atom. The number of hydrogen-bond acceptors (Lipinski definition) is 6. The maximum atomic E-state index is 13.6. The molecule has 0 bridgehead atoms. The largest absolute Gasteiger partial charge is 0.344 e. The van der Waals surface area contributed by atoms with Gasteiger partial charge in [0, 0.05) is 25.7 Å². The van der Waals surface area contributed by atoms with Crippen LogP contribution >= 0.6 is 0 Å². The molecule has 1 aliphatic carbocycles. The summed E-state index contributed by atoms with van der Waals surface area (Å²) in [6.45, 7) is 7.66. The summed E-state index contributed by atoms with van der Waals surface area (Å²) < 4.78 is 0. The maximum absolute atomic E-state index is 13.6. The molecule has 0 radical (unpaired) electrons. The Kier molecular flexibility index (Phi) is 10.7. The van der Waals surface area contributed by atoms with Gasteiger partial charge in [-0.05, 0) is 48.3 Å². The van der Waals surface area contributed by atoms with Crippen molar-refractivity contribution in [3.05, 3.63) is 35.4 Å². The SMILES string of the molecule is CC(C)(C)[C@@H](NC(=O)[C@@H](CC1CCCC1)CN(O)C=O)C(=O)N1CCC(NCc2ccc(C#N)cc2)CC1.